The number of methoxy groups -OCH3 is 1. The number of nitro groups is 1. The maximum absolute atomic E-state index is 12.2. The zero-order chi connectivity index (χ0) is 19.7. The van der Waals surface area contributed by atoms with Crippen molar-refractivity contribution in [2.75, 3.05) is 7.11 Å². The van der Waals surface area contributed by atoms with E-state index in [4.69, 9.17) is 9.47 Å². The van der Waals surface area contributed by atoms with Crippen LogP contribution in [0, 0.1) is 30.9 Å². The molecular weight excluding hydrogens is 348 g/mol. The van der Waals surface area contributed by atoms with Crippen molar-refractivity contribution in [3.8, 4) is 5.75 Å². The van der Waals surface area contributed by atoms with Gasteiger partial charge in [0.15, 0.2) is 11.4 Å². The molecule has 2 aromatic rings. The average Bonchev–Trinajstić information content (AvgIpc) is 2.99. The molecule has 0 amide bonds. The van der Waals surface area contributed by atoms with Crippen LogP contribution in [-0.2, 0) is 9.53 Å². The van der Waals surface area contributed by atoms with Crippen molar-refractivity contribution in [2.24, 2.45) is 4.99 Å². The molecule has 138 valence electrons. The summed E-state index contributed by atoms with van der Waals surface area (Å²) >= 11 is 0. The predicted octanol–water partition coefficient (Wildman–Crippen LogP) is 3.87. The van der Waals surface area contributed by atoms with Crippen molar-refractivity contribution in [2.45, 2.75) is 20.8 Å². The lowest BCUT2D eigenvalue weighted by molar-refractivity contribution is -0.385. The van der Waals surface area contributed by atoms with E-state index in [1.54, 1.807) is 12.1 Å². The summed E-state index contributed by atoms with van der Waals surface area (Å²) in [5.74, 6) is -0.449. The van der Waals surface area contributed by atoms with E-state index in [-0.39, 0.29) is 23.0 Å². The minimum absolute atomic E-state index is 0.0264. The van der Waals surface area contributed by atoms with Crippen molar-refractivity contribution in [3.05, 3.63) is 74.0 Å². The van der Waals surface area contributed by atoms with Crippen LogP contribution in [0.2, 0.25) is 0 Å². The quantitative estimate of drug-likeness (QED) is 0.354. The number of carbonyl (C=O) groups is 1. The normalized spacial score (nSPS) is 14.9. The highest BCUT2D eigenvalue weighted by atomic mass is 16.6. The minimum Gasteiger partial charge on any atom is -0.490 e. The number of nitro benzene ring substituents is 1. The van der Waals surface area contributed by atoms with E-state index in [9.17, 15) is 14.9 Å². The molecule has 0 N–H and O–H groups in total. The van der Waals surface area contributed by atoms with Crippen LogP contribution in [0.3, 0.4) is 0 Å². The minimum atomic E-state index is -0.596. The summed E-state index contributed by atoms with van der Waals surface area (Å²) in [4.78, 5) is 27.1. The fourth-order valence-corrected chi connectivity index (χ4v) is 2.78. The summed E-state index contributed by atoms with van der Waals surface area (Å²) in [6, 6.07) is 8.30. The third-order valence-electron chi connectivity index (χ3n) is 4.42. The number of hydrogen-bond donors (Lipinski definition) is 0. The topological polar surface area (TPSA) is 91.0 Å². The SMILES string of the molecule is COc1ccc(C2=N/C(=C\c3cc(C)c(C)cc3C)C(=O)O2)cc1[N+](=O)[O-]. The number of ether oxygens (including phenoxy) is 2. The van der Waals surface area contributed by atoms with Crippen molar-refractivity contribution in [1.82, 2.24) is 0 Å². The molecule has 0 bridgehead atoms. The molecule has 7 nitrogen and oxygen atoms in total. The van der Waals surface area contributed by atoms with Crippen molar-refractivity contribution < 1.29 is 19.2 Å². The van der Waals surface area contributed by atoms with Crippen LogP contribution < -0.4 is 4.74 Å². The standard InChI is InChI=1S/C20H18N2O5/c1-11-7-13(3)15(8-12(11)2)9-16-20(23)27-19(21-16)14-5-6-18(26-4)17(10-14)22(24)25/h5-10H,1-4H3/b16-9-. The van der Waals surface area contributed by atoms with E-state index in [1.807, 2.05) is 32.9 Å². The van der Waals surface area contributed by atoms with E-state index < -0.39 is 10.9 Å². The van der Waals surface area contributed by atoms with E-state index in [1.165, 1.54) is 24.8 Å². The Balaban J connectivity index is 2.01. The summed E-state index contributed by atoms with van der Waals surface area (Å²) in [6.07, 6.45) is 1.66. The number of benzene rings is 2. The highest BCUT2D eigenvalue weighted by molar-refractivity contribution is 6.13. The fourth-order valence-electron chi connectivity index (χ4n) is 2.78. The molecule has 0 radical (unpaired) electrons. The van der Waals surface area contributed by atoms with E-state index in [2.05, 4.69) is 4.99 Å². The molecule has 0 fully saturated rings. The largest absolute Gasteiger partial charge is 0.490 e. The van der Waals surface area contributed by atoms with Crippen LogP contribution in [0.1, 0.15) is 27.8 Å². The number of rotatable bonds is 4. The number of carbonyl (C=O) groups excluding carboxylic acids is 1. The van der Waals surface area contributed by atoms with Gasteiger partial charge in [-0.25, -0.2) is 9.79 Å². The second kappa shape index (κ2) is 7.03. The molecule has 27 heavy (non-hydrogen) atoms. The molecule has 0 saturated carbocycles. The summed E-state index contributed by atoms with van der Waals surface area (Å²) in [7, 11) is 1.35. The Hall–Kier alpha value is -3.48. The molecule has 1 aliphatic heterocycles. The van der Waals surface area contributed by atoms with Crippen LogP contribution in [0.25, 0.3) is 6.08 Å². The van der Waals surface area contributed by atoms with Gasteiger partial charge in [-0.3, -0.25) is 10.1 Å². The maximum atomic E-state index is 12.2. The first-order chi connectivity index (χ1) is 12.8. The van der Waals surface area contributed by atoms with Crippen molar-refractivity contribution in [1.29, 1.82) is 0 Å². The summed E-state index contributed by atoms with van der Waals surface area (Å²) < 4.78 is 10.2. The summed E-state index contributed by atoms with van der Waals surface area (Å²) in [6.45, 7) is 5.97. The first-order valence-corrected chi connectivity index (χ1v) is 8.23. The molecule has 0 spiro atoms. The Labute approximate surface area is 156 Å². The molecule has 0 unspecified atom stereocenters. The predicted molar refractivity (Wildman–Crippen MR) is 101 cm³/mol. The molecular formula is C20H18N2O5. The second-order valence-electron chi connectivity index (χ2n) is 6.27. The zero-order valence-corrected chi connectivity index (χ0v) is 15.4. The van der Waals surface area contributed by atoms with Gasteiger partial charge in [-0.05, 0) is 61.2 Å². The number of esters is 1. The lowest BCUT2D eigenvalue weighted by Crippen LogP contribution is -2.06. The highest BCUT2D eigenvalue weighted by Gasteiger charge is 2.26. The lowest BCUT2D eigenvalue weighted by Gasteiger charge is -2.06. The Morgan fingerprint density at radius 1 is 1.11 bits per heavy atom. The van der Waals surface area contributed by atoms with Crippen LogP contribution in [0.4, 0.5) is 5.69 Å². The molecule has 0 saturated heterocycles. The fraction of sp³-hybridized carbons (Fsp3) is 0.200. The second-order valence-corrected chi connectivity index (χ2v) is 6.27. The zero-order valence-electron chi connectivity index (χ0n) is 15.4. The highest BCUT2D eigenvalue weighted by Crippen LogP contribution is 2.29. The Morgan fingerprint density at radius 2 is 1.81 bits per heavy atom. The van der Waals surface area contributed by atoms with Gasteiger partial charge in [-0.15, -0.1) is 0 Å². The average molecular weight is 366 g/mol. The Morgan fingerprint density at radius 3 is 2.48 bits per heavy atom. The third-order valence-corrected chi connectivity index (χ3v) is 4.42. The molecule has 3 rings (SSSR count). The van der Waals surface area contributed by atoms with Gasteiger partial charge in [0.25, 0.3) is 0 Å². The molecule has 0 aliphatic carbocycles. The number of aliphatic imine (C=N–C) groups is 1. The van der Waals surface area contributed by atoms with E-state index in [0.717, 1.165) is 16.7 Å². The van der Waals surface area contributed by atoms with E-state index in [0.29, 0.717) is 5.56 Å². The Kier molecular flexibility index (Phi) is 4.77. The lowest BCUT2D eigenvalue weighted by atomic mass is 10.0. The number of nitrogens with zero attached hydrogens (tertiary/aromatic N) is 2. The van der Waals surface area contributed by atoms with Crippen LogP contribution in [-0.4, -0.2) is 23.9 Å². The summed E-state index contributed by atoms with van der Waals surface area (Å²) in [5, 5.41) is 11.2. The molecule has 0 aromatic heterocycles. The molecule has 0 atom stereocenters. The Bertz CT molecular complexity index is 1020. The van der Waals surface area contributed by atoms with Crippen LogP contribution in [0.5, 0.6) is 5.75 Å². The molecule has 2 aromatic carbocycles. The van der Waals surface area contributed by atoms with E-state index >= 15 is 0 Å². The van der Waals surface area contributed by atoms with Gasteiger partial charge >= 0.3 is 11.7 Å². The first-order valence-electron chi connectivity index (χ1n) is 8.23. The van der Waals surface area contributed by atoms with Gasteiger partial charge in [0, 0.05) is 11.6 Å². The molecule has 1 aliphatic rings. The number of hydrogen-bond acceptors (Lipinski definition) is 6. The third kappa shape index (κ3) is 3.57. The summed E-state index contributed by atoms with van der Waals surface area (Å²) in [5.41, 5.74) is 4.41. The van der Waals surface area contributed by atoms with Crippen LogP contribution >= 0.6 is 0 Å². The van der Waals surface area contributed by atoms with Gasteiger partial charge in [0.1, 0.15) is 0 Å². The van der Waals surface area contributed by atoms with Gasteiger partial charge in [0.2, 0.25) is 5.90 Å². The molecule has 1 heterocycles. The van der Waals surface area contributed by atoms with Gasteiger partial charge in [-0.2, -0.15) is 0 Å². The maximum Gasteiger partial charge on any atom is 0.363 e. The molecule has 7 heteroatoms. The number of aryl methyl sites for hydroxylation is 3. The van der Waals surface area contributed by atoms with Crippen molar-refractivity contribution in [3.63, 3.8) is 0 Å². The number of cyclic esters (lactones) is 1. The monoisotopic (exact) mass is 366 g/mol. The van der Waals surface area contributed by atoms with Gasteiger partial charge in [0.05, 0.1) is 12.0 Å². The van der Waals surface area contributed by atoms with Gasteiger partial charge in [-0.1, -0.05) is 12.1 Å². The van der Waals surface area contributed by atoms with Crippen molar-refractivity contribution >= 4 is 23.6 Å². The van der Waals surface area contributed by atoms with Crippen LogP contribution in [0.15, 0.2) is 41.0 Å². The first kappa shape index (κ1) is 18.3. The van der Waals surface area contributed by atoms with Gasteiger partial charge < -0.3 is 9.47 Å². The smallest absolute Gasteiger partial charge is 0.363 e.